The molecule has 23 heavy (non-hydrogen) atoms. The summed E-state index contributed by atoms with van der Waals surface area (Å²) in [5, 5.41) is 2.74. The van der Waals surface area contributed by atoms with Crippen LogP contribution in [-0.2, 0) is 23.8 Å². The zero-order valence-corrected chi connectivity index (χ0v) is 13.3. The van der Waals surface area contributed by atoms with Crippen LogP contribution in [0.15, 0.2) is 36.0 Å². The summed E-state index contributed by atoms with van der Waals surface area (Å²) in [5.74, 6) is -2.17. The number of carbonyl (C=O) groups excluding carboxylic acids is 3. The Morgan fingerprint density at radius 2 is 1.61 bits per heavy atom. The fourth-order valence-corrected chi connectivity index (χ4v) is 1.67. The lowest BCUT2D eigenvalue weighted by Gasteiger charge is -2.10. The van der Waals surface area contributed by atoms with Gasteiger partial charge < -0.3 is 19.5 Å². The average molecular weight is 321 g/mol. The van der Waals surface area contributed by atoms with Crippen molar-refractivity contribution in [3.05, 3.63) is 41.6 Å². The van der Waals surface area contributed by atoms with Gasteiger partial charge in [0, 0.05) is 6.20 Å². The summed E-state index contributed by atoms with van der Waals surface area (Å²) in [6.45, 7) is 3.49. The average Bonchev–Trinajstić information content (AvgIpc) is 2.55. The second-order valence-electron chi connectivity index (χ2n) is 4.18. The largest absolute Gasteiger partial charge is 0.465 e. The van der Waals surface area contributed by atoms with Crippen LogP contribution >= 0.6 is 0 Å². The fourth-order valence-electron chi connectivity index (χ4n) is 1.67. The highest BCUT2D eigenvalue weighted by Gasteiger charge is 2.21. The summed E-state index contributed by atoms with van der Waals surface area (Å²) in [6, 6.07) is 6.52. The van der Waals surface area contributed by atoms with Crippen molar-refractivity contribution in [2.75, 3.05) is 25.6 Å². The molecule has 0 spiro atoms. The normalized spacial score (nSPS) is 9.52. The van der Waals surface area contributed by atoms with E-state index in [1.54, 1.807) is 38.1 Å². The Morgan fingerprint density at radius 1 is 1.04 bits per heavy atom. The third kappa shape index (κ3) is 5.14. The molecule has 0 aliphatic rings. The number of hydrogen-bond acceptors (Lipinski definition) is 7. The Morgan fingerprint density at radius 3 is 2.13 bits per heavy atom. The molecule has 0 atom stereocenters. The van der Waals surface area contributed by atoms with Crippen molar-refractivity contribution < 1.29 is 28.6 Å². The van der Waals surface area contributed by atoms with Gasteiger partial charge in [0.2, 0.25) is 0 Å². The van der Waals surface area contributed by atoms with E-state index in [9.17, 15) is 14.4 Å². The van der Waals surface area contributed by atoms with Crippen molar-refractivity contribution in [1.82, 2.24) is 0 Å². The van der Waals surface area contributed by atoms with Crippen molar-refractivity contribution >= 4 is 23.6 Å². The molecule has 0 aromatic heterocycles. The molecule has 7 nitrogen and oxygen atoms in total. The van der Waals surface area contributed by atoms with Crippen molar-refractivity contribution in [2.45, 2.75) is 13.8 Å². The minimum Gasteiger partial charge on any atom is -0.465 e. The number of ether oxygens (including phenoxy) is 3. The molecule has 0 heterocycles. The molecule has 1 N–H and O–H groups in total. The number of anilines is 1. The lowest BCUT2D eigenvalue weighted by Crippen LogP contribution is -2.19. The van der Waals surface area contributed by atoms with Crippen LogP contribution in [0.5, 0.6) is 0 Å². The van der Waals surface area contributed by atoms with Crippen LogP contribution in [0.2, 0.25) is 0 Å². The monoisotopic (exact) mass is 321 g/mol. The maximum absolute atomic E-state index is 11.8. The summed E-state index contributed by atoms with van der Waals surface area (Å²) in [5.41, 5.74) is 0.345. The van der Waals surface area contributed by atoms with Crippen LogP contribution in [0.25, 0.3) is 0 Å². The van der Waals surface area contributed by atoms with Gasteiger partial charge in [0.05, 0.1) is 31.6 Å². The third-order valence-electron chi connectivity index (χ3n) is 2.70. The van der Waals surface area contributed by atoms with E-state index in [-0.39, 0.29) is 24.4 Å². The number of methoxy groups -OCH3 is 1. The van der Waals surface area contributed by atoms with Crippen LogP contribution in [-0.4, -0.2) is 38.2 Å². The van der Waals surface area contributed by atoms with Gasteiger partial charge in [-0.15, -0.1) is 0 Å². The van der Waals surface area contributed by atoms with Crippen molar-refractivity contribution in [3.63, 3.8) is 0 Å². The molecule has 124 valence electrons. The van der Waals surface area contributed by atoms with Gasteiger partial charge in [-0.3, -0.25) is 0 Å². The van der Waals surface area contributed by atoms with Gasteiger partial charge in [-0.1, -0.05) is 12.1 Å². The molecule has 0 saturated heterocycles. The highest BCUT2D eigenvalue weighted by atomic mass is 16.6. The number of hydrogen-bond donors (Lipinski definition) is 1. The van der Waals surface area contributed by atoms with Crippen LogP contribution in [0.4, 0.5) is 5.69 Å². The van der Waals surface area contributed by atoms with Gasteiger partial charge in [-0.05, 0) is 26.0 Å². The molecule has 0 unspecified atom stereocenters. The van der Waals surface area contributed by atoms with Crippen LogP contribution in [0.3, 0.4) is 0 Å². The molecular weight excluding hydrogens is 302 g/mol. The quantitative estimate of drug-likeness (QED) is 0.269. The summed E-state index contributed by atoms with van der Waals surface area (Å²) in [7, 11) is 1.26. The molecule has 1 aromatic carbocycles. The SMILES string of the molecule is CCOC(=O)C(=CNc1ccccc1C(=O)OC)C(=O)OCC. The number of benzene rings is 1. The first-order valence-corrected chi connectivity index (χ1v) is 7.03. The summed E-state index contributed by atoms with van der Waals surface area (Å²) in [6.07, 6.45) is 1.15. The van der Waals surface area contributed by atoms with Gasteiger partial charge in [-0.2, -0.15) is 0 Å². The minimum absolute atomic E-state index is 0.119. The molecule has 0 saturated carbocycles. The Bertz CT molecular complexity index is 588. The number of nitrogens with one attached hydrogen (secondary N) is 1. The number of carbonyl (C=O) groups is 3. The molecule has 1 rings (SSSR count). The van der Waals surface area contributed by atoms with Gasteiger partial charge in [0.1, 0.15) is 0 Å². The third-order valence-corrected chi connectivity index (χ3v) is 2.70. The van der Waals surface area contributed by atoms with E-state index >= 15 is 0 Å². The Kier molecular flexibility index (Phi) is 7.32. The van der Waals surface area contributed by atoms with Crippen LogP contribution in [0.1, 0.15) is 24.2 Å². The lowest BCUT2D eigenvalue weighted by atomic mass is 10.2. The van der Waals surface area contributed by atoms with E-state index in [0.717, 1.165) is 6.20 Å². The van der Waals surface area contributed by atoms with Gasteiger partial charge >= 0.3 is 17.9 Å². The zero-order valence-electron chi connectivity index (χ0n) is 13.3. The molecule has 7 heteroatoms. The van der Waals surface area contributed by atoms with Gasteiger partial charge in [0.25, 0.3) is 0 Å². The minimum atomic E-state index is -0.811. The van der Waals surface area contributed by atoms with E-state index in [1.807, 2.05) is 0 Å². The molecule has 0 aliphatic heterocycles. The lowest BCUT2D eigenvalue weighted by molar-refractivity contribution is -0.146. The second kappa shape index (κ2) is 9.24. The molecule has 0 aliphatic carbocycles. The first-order valence-electron chi connectivity index (χ1n) is 7.03. The Hall–Kier alpha value is -2.83. The standard InChI is InChI=1S/C16H19NO6/c1-4-22-15(19)12(16(20)23-5-2)10-17-13-9-7-6-8-11(13)14(18)21-3/h6-10,17H,4-5H2,1-3H3. The molecule has 0 bridgehead atoms. The van der Waals surface area contributed by atoms with Crippen molar-refractivity contribution in [1.29, 1.82) is 0 Å². The highest BCUT2D eigenvalue weighted by molar-refractivity contribution is 6.14. The first-order chi connectivity index (χ1) is 11.0. The highest BCUT2D eigenvalue weighted by Crippen LogP contribution is 2.16. The van der Waals surface area contributed by atoms with E-state index in [4.69, 9.17) is 9.47 Å². The molecular formula is C16H19NO6. The van der Waals surface area contributed by atoms with Crippen LogP contribution < -0.4 is 5.32 Å². The van der Waals surface area contributed by atoms with Crippen LogP contribution in [0, 0.1) is 0 Å². The van der Waals surface area contributed by atoms with Gasteiger partial charge in [0.15, 0.2) is 5.57 Å². The summed E-state index contributed by atoms with van der Waals surface area (Å²) >= 11 is 0. The molecule has 1 aromatic rings. The zero-order chi connectivity index (χ0) is 17.2. The van der Waals surface area contributed by atoms with Crippen molar-refractivity contribution in [2.24, 2.45) is 0 Å². The Labute approximate surface area is 134 Å². The van der Waals surface area contributed by atoms with E-state index in [2.05, 4.69) is 10.1 Å². The smallest absolute Gasteiger partial charge is 0.347 e. The number of para-hydroxylation sites is 1. The molecule has 0 amide bonds. The first kappa shape index (κ1) is 18.2. The second-order valence-corrected chi connectivity index (χ2v) is 4.18. The summed E-state index contributed by atoms with van der Waals surface area (Å²) in [4.78, 5) is 35.4. The van der Waals surface area contributed by atoms with Crippen molar-refractivity contribution in [3.8, 4) is 0 Å². The number of rotatable bonds is 7. The van der Waals surface area contributed by atoms with Gasteiger partial charge in [-0.25, -0.2) is 14.4 Å². The molecule has 0 fully saturated rings. The van der Waals surface area contributed by atoms with E-state index in [0.29, 0.717) is 5.69 Å². The maximum Gasteiger partial charge on any atom is 0.347 e. The number of esters is 3. The predicted molar refractivity (Wildman–Crippen MR) is 82.8 cm³/mol. The topological polar surface area (TPSA) is 90.9 Å². The summed E-state index contributed by atoms with van der Waals surface area (Å²) < 4.78 is 14.3. The maximum atomic E-state index is 11.8. The van der Waals surface area contributed by atoms with E-state index < -0.39 is 17.9 Å². The van der Waals surface area contributed by atoms with E-state index in [1.165, 1.54) is 7.11 Å². The Balaban J connectivity index is 3.08. The predicted octanol–water partition coefficient (Wildman–Crippen LogP) is 1.90. The fraction of sp³-hybridized carbons (Fsp3) is 0.312. The molecule has 0 radical (unpaired) electrons.